The normalized spacial score (nSPS) is 11.2. The molecule has 0 heterocycles. The molecule has 0 amide bonds. The Morgan fingerprint density at radius 3 is 2.10 bits per heavy atom. The van der Waals surface area contributed by atoms with E-state index in [1.165, 1.54) is 32.1 Å². The first-order valence-corrected chi connectivity index (χ1v) is 11.0. The van der Waals surface area contributed by atoms with E-state index < -0.39 is 12.1 Å². The zero-order valence-corrected chi connectivity index (χ0v) is 17.8. The van der Waals surface area contributed by atoms with Crippen LogP contribution in [0.15, 0.2) is 54.6 Å². The molecule has 0 bridgehead atoms. The number of hydrogen-bond acceptors (Lipinski definition) is 4. The van der Waals surface area contributed by atoms with E-state index in [1.807, 2.05) is 6.07 Å². The molecule has 0 aliphatic carbocycles. The number of allylic oxidation sites excluding steroid dienone is 4. The SMILES string of the molecule is CCCCC/C=C\C/C=C\CCCCCCCC(=O)OC(=O)Oc1ccccc1. The van der Waals surface area contributed by atoms with Gasteiger partial charge in [-0.2, -0.15) is 0 Å². The molecule has 0 aliphatic heterocycles. The summed E-state index contributed by atoms with van der Waals surface area (Å²) < 4.78 is 9.58. The van der Waals surface area contributed by atoms with E-state index in [0.29, 0.717) is 5.75 Å². The molecular weight excluding hydrogens is 364 g/mol. The van der Waals surface area contributed by atoms with Crippen molar-refractivity contribution in [2.75, 3.05) is 0 Å². The van der Waals surface area contributed by atoms with Gasteiger partial charge >= 0.3 is 12.1 Å². The summed E-state index contributed by atoms with van der Waals surface area (Å²) in [6.45, 7) is 2.23. The molecule has 0 radical (unpaired) electrons. The molecule has 1 rings (SSSR count). The Bertz CT molecular complexity index is 605. The van der Waals surface area contributed by atoms with E-state index in [0.717, 1.165) is 38.5 Å². The van der Waals surface area contributed by atoms with Crippen molar-refractivity contribution in [3.8, 4) is 5.75 Å². The van der Waals surface area contributed by atoms with Gasteiger partial charge in [-0.3, -0.25) is 4.79 Å². The van der Waals surface area contributed by atoms with Gasteiger partial charge in [0.1, 0.15) is 5.75 Å². The van der Waals surface area contributed by atoms with Gasteiger partial charge in [0, 0.05) is 6.42 Å². The van der Waals surface area contributed by atoms with Crippen LogP contribution in [-0.2, 0) is 9.53 Å². The molecule has 0 saturated carbocycles. The van der Waals surface area contributed by atoms with Crippen LogP contribution in [-0.4, -0.2) is 12.1 Å². The van der Waals surface area contributed by atoms with Crippen LogP contribution in [0.25, 0.3) is 0 Å². The number of carbonyl (C=O) groups is 2. The number of unbranched alkanes of at least 4 members (excludes halogenated alkanes) is 8. The van der Waals surface area contributed by atoms with Gasteiger partial charge in [0.2, 0.25) is 0 Å². The third-order valence-corrected chi connectivity index (χ3v) is 4.47. The van der Waals surface area contributed by atoms with Crippen molar-refractivity contribution in [1.29, 1.82) is 0 Å². The first-order valence-electron chi connectivity index (χ1n) is 11.0. The van der Waals surface area contributed by atoms with Gasteiger partial charge in [0.05, 0.1) is 0 Å². The molecule has 1 aromatic carbocycles. The van der Waals surface area contributed by atoms with Gasteiger partial charge < -0.3 is 9.47 Å². The number of esters is 1. The maximum absolute atomic E-state index is 11.6. The molecule has 0 atom stereocenters. The zero-order valence-electron chi connectivity index (χ0n) is 17.8. The lowest BCUT2D eigenvalue weighted by Gasteiger charge is -2.04. The third-order valence-electron chi connectivity index (χ3n) is 4.47. The molecule has 0 N–H and O–H groups in total. The number of rotatable bonds is 15. The summed E-state index contributed by atoms with van der Waals surface area (Å²) in [5.41, 5.74) is 0. The zero-order chi connectivity index (χ0) is 21.0. The highest BCUT2D eigenvalue weighted by molar-refractivity contribution is 5.82. The average molecular weight is 401 g/mol. The van der Waals surface area contributed by atoms with Crippen LogP contribution in [0.2, 0.25) is 0 Å². The monoisotopic (exact) mass is 400 g/mol. The van der Waals surface area contributed by atoms with Crippen LogP contribution in [0.1, 0.15) is 84.0 Å². The van der Waals surface area contributed by atoms with Crippen molar-refractivity contribution < 1.29 is 19.1 Å². The number of para-hydroxylation sites is 1. The van der Waals surface area contributed by atoms with Gasteiger partial charge in [-0.1, -0.05) is 81.5 Å². The van der Waals surface area contributed by atoms with Crippen LogP contribution >= 0.6 is 0 Å². The predicted octanol–water partition coefficient (Wildman–Crippen LogP) is 7.54. The Kier molecular flexibility index (Phi) is 15.1. The quantitative estimate of drug-likeness (QED) is 0.100. The number of ether oxygens (including phenoxy) is 2. The molecular formula is C25H36O4. The smallest absolute Gasteiger partial charge is 0.395 e. The summed E-state index contributed by atoms with van der Waals surface area (Å²) in [6, 6.07) is 8.56. The van der Waals surface area contributed by atoms with Gasteiger partial charge in [-0.15, -0.1) is 0 Å². The number of hydrogen-bond donors (Lipinski definition) is 0. The Morgan fingerprint density at radius 2 is 1.41 bits per heavy atom. The molecule has 0 spiro atoms. The fourth-order valence-corrected chi connectivity index (χ4v) is 2.83. The van der Waals surface area contributed by atoms with Crippen LogP contribution in [0.5, 0.6) is 5.75 Å². The first-order chi connectivity index (χ1) is 14.2. The minimum atomic E-state index is -0.969. The molecule has 4 heteroatoms. The van der Waals surface area contributed by atoms with E-state index in [2.05, 4.69) is 36.0 Å². The summed E-state index contributed by atoms with van der Waals surface area (Å²) in [6.07, 6.45) is 20.7. The van der Waals surface area contributed by atoms with Crippen molar-refractivity contribution in [2.24, 2.45) is 0 Å². The Labute approximate surface area is 176 Å². The Balaban J connectivity index is 1.91. The highest BCUT2D eigenvalue weighted by Crippen LogP contribution is 2.11. The molecule has 0 unspecified atom stereocenters. The standard InChI is InChI=1S/C25H36O4/c1-2-3-4-5-6-7-8-9-10-11-12-13-14-15-19-22-24(26)29-25(27)28-23-20-17-16-18-21-23/h6-7,9-10,16-18,20-21H,2-5,8,11-15,19,22H2,1H3/b7-6-,10-9-. The summed E-state index contributed by atoms with van der Waals surface area (Å²) in [7, 11) is 0. The van der Waals surface area contributed by atoms with Gasteiger partial charge in [0.15, 0.2) is 0 Å². The molecule has 0 aliphatic rings. The van der Waals surface area contributed by atoms with Gasteiger partial charge in [0.25, 0.3) is 0 Å². The Hall–Kier alpha value is -2.36. The molecule has 0 fully saturated rings. The second-order valence-corrected chi connectivity index (χ2v) is 7.12. The summed E-state index contributed by atoms with van der Waals surface area (Å²) >= 11 is 0. The third kappa shape index (κ3) is 15.3. The Morgan fingerprint density at radius 1 is 0.793 bits per heavy atom. The molecule has 4 nitrogen and oxygen atoms in total. The molecule has 1 aromatic rings. The lowest BCUT2D eigenvalue weighted by atomic mass is 10.1. The summed E-state index contributed by atoms with van der Waals surface area (Å²) in [4.78, 5) is 23.1. The maximum Gasteiger partial charge on any atom is 0.521 e. The van der Waals surface area contributed by atoms with Crippen molar-refractivity contribution in [3.05, 3.63) is 54.6 Å². The summed E-state index contributed by atoms with van der Waals surface area (Å²) in [5.74, 6) is -0.168. The minimum Gasteiger partial charge on any atom is -0.395 e. The summed E-state index contributed by atoms with van der Waals surface area (Å²) in [5, 5.41) is 0. The maximum atomic E-state index is 11.6. The fourth-order valence-electron chi connectivity index (χ4n) is 2.83. The lowest BCUT2D eigenvalue weighted by Crippen LogP contribution is -2.16. The minimum absolute atomic E-state index is 0.244. The van der Waals surface area contributed by atoms with Crippen molar-refractivity contribution in [1.82, 2.24) is 0 Å². The van der Waals surface area contributed by atoms with Crippen LogP contribution in [0, 0.1) is 0 Å². The highest BCUT2D eigenvalue weighted by atomic mass is 16.7. The second kappa shape index (κ2) is 17.7. The molecule has 29 heavy (non-hydrogen) atoms. The number of benzene rings is 1. The van der Waals surface area contributed by atoms with Gasteiger partial charge in [-0.25, -0.2) is 4.79 Å². The van der Waals surface area contributed by atoms with Crippen LogP contribution < -0.4 is 4.74 Å². The second-order valence-electron chi connectivity index (χ2n) is 7.12. The largest absolute Gasteiger partial charge is 0.521 e. The van der Waals surface area contributed by atoms with E-state index in [4.69, 9.17) is 4.74 Å². The molecule has 160 valence electrons. The molecule has 0 saturated heterocycles. The fraction of sp³-hybridized carbons (Fsp3) is 0.520. The van der Waals surface area contributed by atoms with E-state index >= 15 is 0 Å². The van der Waals surface area contributed by atoms with E-state index in [1.54, 1.807) is 24.3 Å². The van der Waals surface area contributed by atoms with Crippen molar-refractivity contribution >= 4 is 12.1 Å². The van der Waals surface area contributed by atoms with Crippen LogP contribution in [0.3, 0.4) is 0 Å². The predicted molar refractivity (Wildman–Crippen MR) is 118 cm³/mol. The molecule has 0 aromatic heterocycles. The van der Waals surface area contributed by atoms with Crippen molar-refractivity contribution in [2.45, 2.75) is 84.0 Å². The van der Waals surface area contributed by atoms with E-state index in [9.17, 15) is 9.59 Å². The first kappa shape index (κ1) is 24.7. The highest BCUT2D eigenvalue weighted by Gasteiger charge is 2.12. The van der Waals surface area contributed by atoms with Crippen molar-refractivity contribution in [3.63, 3.8) is 0 Å². The lowest BCUT2D eigenvalue weighted by molar-refractivity contribution is -0.138. The topological polar surface area (TPSA) is 52.6 Å². The number of carbonyl (C=O) groups excluding carboxylic acids is 2. The van der Waals surface area contributed by atoms with E-state index in [-0.39, 0.29) is 6.42 Å². The average Bonchev–Trinajstić information content (AvgIpc) is 2.71. The van der Waals surface area contributed by atoms with Gasteiger partial charge in [-0.05, 0) is 50.7 Å². The van der Waals surface area contributed by atoms with Crippen LogP contribution in [0.4, 0.5) is 4.79 Å².